The van der Waals surface area contributed by atoms with Gasteiger partial charge in [0.15, 0.2) is 5.13 Å². The number of rotatable bonds is 8. The number of halogens is 2. The van der Waals surface area contributed by atoms with E-state index in [-0.39, 0.29) is 5.82 Å². The molecule has 1 aliphatic heterocycles. The van der Waals surface area contributed by atoms with E-state index >= 15 is 0 Å². The summed E-state index contributed by atoms with van der Waals surface area (Å²) < 4.78 is 17.5. The van der Waals surface area contributed by atoms with Gasteiger partial charge in [-0.3, -0.25) is 0 Å². The second kappa shape index (κ2) is 7.92. The van der Waals surface area contributed by atoms with Crippen LogP contribution in [0.15, 0.2) is 28.6 Å². The van der Waals surface area contributed by atoms with Crippen LogP contribution in [0.4, 0.5) is 15.2 Å². The third kappa shape index (κ3) is 4.44. The lowest BCUT2D eigenvalue weighted by Crippen LogP contribution is -2.31. The van der Waals surface area contributed by atoms with Gasteiger partial charge in [0, 0.05) is 30.1 Å². The molecular formula is C18H22ClFN4S2. The Bertz CT molecular complexity index is 746. The van der Waals surface area contributed by atoms with Crippen molar-refractivity contribution in [3.8, 4) is 0 Å². The summed E-state index contributed by atoms with van der Waals surface area (Å²) in [6.07, 6.45) is 6.81. The molecular weight excluding hydrogens is 391 g/mol. The Hall–Kier alpha value is -1.02. The van der Waals surface area contributed by atoms with Gasteiger partial charge in [-0.1, -0.05) is 11.6 Å². The Morgan fingerprint density at radius 1 is 1.31 bits per heavy atom. The minimum Gasteiger partial charge on any atom is -0.383 e. The van der Waals surface area contributed by atoms with Gasteiger partial charge in [0.1, 0.15) is 5.82 Å². The predicted octanol–water partition coefficient (Wildman–Crippen LogP) is 5.34. The molecule has 1 aromatic heterocycles. The molecule has 2 fully saturated rings. The quantitative estimate of drug-likeness (QED) is 0.572. The van der Waals surface area contributed by atoms with Crippen LogP contribution < -0.4 is 10.0 Å². The maximum absolute atomic E-state index is 14.4. The molecule has 1 saturated heterocycles. The second-order valence-corrected chi connectivity index (χ2v) is 9.29. The SMILES string of the molecule is Fc1cc(NCC2(CN3CCCC3)CC2)c(Cl)cc1SNc1nccs1. The fourth-order valence-electron chi connectivity index (χ4n) is 3.38. The lowest BCUT2D eigenvalue weighted by Gasteiger charge is -2.24. The normalized spacial score (nSPS) is 18.8. The smallest absolute Gasteiger partial charge is 0.192 e. The molecule has 2 heterocycles. The van der Waals surface area contributed by atoms with Gasteiger partial charge in [-0.05, 0) is 62.9 Å². The lowest BCUT2D eigenvalue weighted by molar-refractivity contribution is 0.271. The van der Waals surface area contributed by atoms with Gasteiger partial charge in [0.05, 0.1) is 15.6 Å². The van der Waals surface area contributed by atoms with E-state index < -0.39 is 0 Å². The first-order chi connectivity index (χ1) is 12.6. The van der Waals surface area contributed by atoms with Gasteiger partial charge < -0.3 is 14.9 Å². The van der Waals surface area contributed by atoms with E-state index in [1.807, 2.05) is 5.38 Å². The zero-order valence-electron chi connectivity index (χ0n) is 14.4. The highest BCUT2D eigenvalue weighted by molar-refractivity contribution is 8.00. The van der Waals surface area contributed by atoms with Crippen molar-refractivity contribution in [3.63, 3.8) is 0 Å². The molecule has 0 amide bonds. The topological polar surface area (TPSA) is 40.2 Å². The van der Waals surface area contributed by atoms with E-state index in [0.29, 0.717) is 21.0 Å². The van der Waals surface area contributed by atoms with Gasteiger partial charge >= 0.3 is 0 Å². The number of hydrogen-bond acceptors (Lipinski definition) is 6. The Labute approximate surface area is 166 Å². The zero-order chi connectivity index (χ0) is 18.0. The summed E-state index contributed by atoms with van der Waals surface area (Å²) in [5.74, 6) is -0.282. The lowest BCUT2D eigenvalue weighted by atomic mass is 10.1. The number of anilines is 2. The van der Waals surface area contributed by atoms with E-state index in [4.69, 9.17) is 11.6 Å². The van der Waals surface area contributed by atoms with Gasteiger partial charge in [-0.15, -0.1) is 11.3 Å². The van der Waals surface area contributed by atoms with Crippen molar-refractivity contribution in [2.24, 2.45) is 5.41 Å². The maximum atomic E-state index is 14.4. The summed E-state index contributed by atoms with van der Waals surface area (Å²) in [5, 5.41) is 6.55. The van der Waals surface area contributed by atoms with Crippen LogP contribution in [0.5, 0.6) is 0 Å². The molecule has 4 rings (SSSR count). The van der Waals surface area contributed by atoms with Crippen LogP contribution >= 0.6 is 34.9 Å². The van der Waals surface area contributed by atoms with Gasteiger partial charge in [0.2, 0.25) is 0 Å². The highest BCUT2D eigenvalue weighted by Crippen LogP contribution is 2.47. The largest absolute Gasteiger partial charge is 0.383 e. The predicted molar refractivity (Wildman–Crippen MR) is 109 cm³/mol. The van der Waals surface area contributed by atoms with Gasteiger partial charge in [-0.2, -0.15) is 0 Å². The molecule has 1 aliphatic carbocycles. The highest BCUT2D eigenvalue weighted by atomic mass is 35.5. The molecule has 0 radical (unpaired) electrons. The molecule has 8 heteroatoms. The van der Waals surface area contributed by atoms with Crippen LogP contribution in [0.1, 0.15) is 25.7 Å². The third-order valence-electron chi connectivity index (χ3n) is 5.07. The molecule has 2 aromatic rings. The molecule has 0 bridgehead atoms. The van der Waals surface area contributed by atoms with E-state index in [1.54, 1.807) is 12.3 Å². The van der Waals surface area contributed by atoms with Crippen LogP contribution in [0, 0.1) is 11.2 Å². The Kier molecular flexibility index (Phi) is 5.59. The summed E-state index contributed by atoms with van der Waals surface area (Å²) in [7, 11) is 0. The third-order valence-corrected chi connectivity index (χ3v) is 7.03. The molecule has 140 valence electrons. The van der Waals surface area contributed by atoms with Crippen molar-refractivity contribution in [1.82, 2.24) is 9.88 Å². The molecule has 0 spiro atoms. The summed E-state index contributed by atoms with van der Waals surface area (Å²) in [5.41, 5.74) is 1.01. The molecule has 26 heavy (non-hydrogen) atoms. The zero-order valence-corrected chi connectivity index (χ0v) is 16.8. The van der Waals surface area contributed by atoms with Crippen molar-refractivity contribution in [2.75, 3.05) is 36.2 Å². The molecule has 2 N–H and O–H groups in total. The molecule has 4 nitrogen and oxygen atoms in total. The van der Waals surface area contributed by atoms with Crippen LogP contribution in [0.25, 0.3) is 0 Å². The number of nitrogens with zero attached hydrogens (tertiary/aromatic N) is 2. The number of likely N-dealkylation sites (tertiary alicyclic amines) is 1. The molecule has 0 atom stereocenters. The van der Waals surface area contributed by atoms with Crippen LogP contribution in [-0.2, 0) is 0 Å². The van der Waals surface area contributed by atoms with E-state index in [2.05, 4.69) is 19.9 Å². The Balaban J connectivity index is 1.35. The number of hydrogen-bond donors (Lipinski definition) is 2. The van der Waals surface area contributed by atoms with Crippen molar-refractivity contribution in [1.29, 1.82) is 0 Å². The average molecular weight is 413 g/mol. The van der Waals surface area contributed by atoms with Crippen molar-refractivity contribution >= 4 is 45.7 Å². The first-order valence-electron chi connectivity index (χ1n) is 8.91. The molecule has 1 aromatic carbocycles. The minimum absolute atomic E-state index is 0.282. The van der Waals surface area contributed by atoms with E-state index in [9.17, 15) is 4.39 Å². The summed E-state index contributed by atoms with van der Waals surface area (Å²) in [6, 6.07) is 3.17. The highest BCUT2D eigenvalue weighted by Gasteiger charge is 2.44. The second-order valence-electron chi connectivity index (χ2n) is 7.14. The Morgan fingerprint density at radius 2 is 2.12 bits per heavy atom. The Morgan fingerprint density at radius 3 is 2.81 bits per heavy atom. The number of benzene rings is 1. The number of aromatic nitrogens is 1. The maximum Gasteiger partial charge on any atom is 0.192 e. The fourth-order valence-corrected chi connectivity index (χ4v) is 4.95. The first-order valence-corrected chi connectivity index (χ1v) is 11.0. The summed E-state index contributed by atoms with van der Waals surface area (Å²) in [6.45, 7) is 4.43. The molecule has 1 saturated carbocycles. The van der Waals surface area contributed by atoms with E-state index in [0.717, 1.165) is 18.2 Å². The van der Waals surface area contributed by atoms with E-state index in [1.165, 1.54) is 68.1 Å². The average Bonchev–Trinajstić information content (AvgIpc) is 3.04. The summed E-state index contributed by atoms with van der Waals surface area (Å²) in [4.78, 5) is 7.14. The van der Waals surface area contributed by atoms with Gasteiger partial charge in [0.25, 0.3) is 0 Å². The number of thiazole rings is 1. The minimum atomic E-state index is -0.282. The van der Waals surface area contributed by atoms with Crippen LogP contribution in [0.3, 0.4) is 0 Å². The van der Waals surface area contributed by atoms with Crippen molar-refractivity contribution in [3.05, 3.63) is 34.5 Å². The van der Waals surface area contributed by atoms with Gasteiger partial charge in [-0.25, -0.2) is 9.37 Å². The van der Waals surface area contributed by atoms with Crippen molar-refractivity contribution < 1.29 is 4.39 Å². The van der Waals surface area contributed by atoms with Crippen LogP contribution in [0.2, 0.25) is 5.02 Å². The monoisotopic (exact) mass is 412 g/mol. The standard InChI is InChI=1S/C18H22ClFN4S2/c19-13-9-16(26-23-17-21-5-8-25-17)14(20)10-15(13)22-11-18(3-4-18)12-24-6-1-2-7-24/h5,8-10,22H,1-4,6-7,11-12H2,(H,21,23). The molecule has 2 aliphatic rings. The molecule has 0 unspecified atom stereocenters. The van der Waals surface area contributed by atoms with Crippen molar-refractivity contribution in [2.45, 2.75) is 30.6 Å². The number of nitrogens with one attached hydrogen (secondary N) is 2. The fraction of sp³-hybridized carbons (Fsp3) is 0.500. The van der Waals surface area contributed by atoms with Crippen LogP contribution in [-0.4, -0.2) is 36.1 Å². The summed E-state index contributed by atoms with van der Waals surface area (Å²) >= 11 is 9.05. The first kappa shape index (κ1) is 18.3.